The predicted octanol–water partition coefficient (Wildman–Crippen LogP) is 3.86. The van der Waals surface area contributed by atoms with Crippen LogP contribution in [0.15, 0.2) is 18.3 Å². The average molecular weight is 236 g/mol. The number of ether oxygens (including phenoxy) is 1. The standard InChI is InChI=1S/C14H24N2O/c1-3-4-5-6-7-8-10-15-13-9-11-16-14(12-13)17-2/h9,11-12H,3-8,10H2,1-2H3,(H,15,16). The number of aromatic nitrogens is 1. The Kier molecular flexibility index (Phi) is 7.19. The Morgan fingerprint density at radius 3 is 2.71 bits per heavy atom. The van der Waals surface area contributed by atoms with Crippen LogP contribution in [0.3, 0.4) is 0 Å². The van der Waals surface area contributed by atoms with Gasteiger partial charge in [0.1, 0.15) is 0 Å². The van der Waals surface area contributed by atoms with E-state index >= 15 is 0 Å². The summed E-state index contributed by atoms with van der Waals surface area (Å²) in [5, 5.41) is 3.39. The van der Waals surface area contributed by atoms with Crippen LogP contribution < -0.4 is 10.1 Å². The molecular formula is C14H24N2O. The summed E-state index contributed by atoms with van der Waals surface area (Å²) in [6.07, 6.45) is 9.73. The molecular weight excluding hydrogens is 212 g/mol. The van der Waals surface area contributed by atoms with Gasteiger partial charge in [0.05, 0.1) is 7.11 Å². The Hall–Kier alpha value is -1.25. The van der Waals surface area contributed by atoms with Crippen LogP contribution in [0.5, 0.6) is 5.88 Å². The van der Waals surface area contributed by atoms with Crippen LogP contribution in [0.1, 0.15) is 45.4 Å². The first-order chi connectivity index (χ1) is 8.36. The van der Waals surface area contributed by atoms with E-state index in [1.54, 1.807) is 13.3 Å². The van der Waals surface area contributed by atoms with Gasteiger partial charge >= 0.3 is 0 Å². The van der Waals surface area contributed by atoms with Crippen molar-refractivity contribution in [1.82, 2.24) is 4.98 Å². The van der Waals surface area contributed by atoms with Gasteiger partial charge in [0, 0.05) is 24.5 Å². The molecule has 0 saturated carbocycles. The highest BCUT2D eigenvalue weighted by Gasteiger charge is 1.96. The maximum absolute atomic E-state index is 5.08. The van der Waals surface area contributed by atoms with Crippen LogP contribution in [-0.2, 0) is 0 Å². The Morgan fingerprint density at radius 2 is 1.94 bits per heavy atom. The summed E-state index contributed by atoms with van der Waals surface area (Å²) in [7, 11) is 1.64. The number of hydrogen-bond donors (Lipinski definition) is 1. The number of hydrogen-bond acceptors (Lipinski definition) is 3. The molecule has 0 unspecified atom stereocenters. The van der Waals surface area contributed by atoms with E-state index in [2.05, 4.69) is 17.2 Å². The molecule has 1 heterocycles. The molecule has 96 valence electrons. The minimum Gasteiger partial charge on any atom is -0.481 e. The van der Waals surface area contributed by atoms with Crippen LogP contribution >= 0.6 is 0 Å². The number of nitrogens with zero attached hydrogens (tertiary/aromatic N) is 1. The second-order valence-electron chi connectivity index (χ2n) is 4.28. The quantitative estimate of drug-likeness (QED) is 0.661. The van der Waals surface area contributed by atoms with Gasteiger partial charge in [-0.2, -0.15) is 0 Å². The molecule has 0 bridgehead atoms. The number of rotatable bonds is 9. The second kappa shape index (κ2) is 8.85. The van der Waals surface area contributed by atoms with Crippen molar-refractivity contribution < 1.29 is 4.74 Å². The van der Waals surface area contributed by atoms with Gasteiger partial charge in [0.2, 0.25) is 5.88 Å². The zero-order valence-corrected chi connectivity index (χ0v) is 11.0. The van der Waals surface area contributed by atoms with E-state index in [-0.39, 0.29) is 0 Å². The molecule has 0 amide bonds. The fraction of sp³-hybridized carbons (Fsp3) is 0.643. The molecule has 0 radical (unpaired) electrons. The molecule has 0 atom stereocenters. The lowest BCUT2D eigenvalue weighted by Crippen LogP contribution is -2.01. The van der Waals surface area contributed by atoms with E-state index in [0.29, 0.717) is 5.88 Å². The van der Waals surface area contributed by atoms with Crippen molar-refractivity contribution in [1.29, 1.82) is 0 Å². The first-order valence-electron chi connectivity index (χ1n) is 6.60. The Bertz CT molecular complexity index is 302. The van der Waals surface area contributed by atoms with E-state index < -0.39 is 0 Å². The highest BCUT2D eigenvalue weighted by Crippen LogP contribution is 2.13. The van der Waals surface area contributed by atoms with Crippen molar-refractivity contribution in [3.05, 3.63) is 18.3 Å². The molecule has 0 saturated heterocycles. The third kappa shape index (κ3) is 6.15. The molecule has 1 N–H and O–H groups in total. The zero-order valence-electron chi connectivity index (χ0n) is 11.0. The molecule has 0 aliphatic rings. The number of nitrogens with one attached hydrogen (secondary N) is 1. The molecule has 1 rings (SSSR count). The van der Waals surface area contributed by atoms with Crippen molar-refractivity contribution in [3.8, 4) is 5.88 Å². The third-order valence-corrected chi connectivity index (χ3v) is 2.80. The zero-order chi connectivity index (χ0) is 12.3. The molecule has 17 heavy (non-hydrogen) atoms. The second-order valence-corrected chi connectivity index (χ2v) is 4.28. The van der Waals surface area contributed by atoms with E-state index in [4.69, 9.17) is 4.74 Å². The summed E-state index contributed by atoms with van der Waals surface area (Å²) in [6, 6.07) is 3.90. The molecule has 0 aliphatic carbocycles. The molecule has 0 aromatic carbocycles. The summed E-state index contributed by atoms with van der Waals surface area (Å²) < 4.78 is 5.08. The minimum absolute atomic E-state index is 0.665. The van der Waals surface area contributed by atoms with Crippen LogP contribution in [0.4, 0.5) is 5.69 Å². The maximum Gasteiger partial charge on any atom is 0.214 e. The van der Waals surface area contributed by atoms with Crippen molar-refractivity contribution >= 4 is 5.69 Å². The Labute approximate surface area is 105 Å². The normalized spacial score (nSPS) is 10.2. The fourth-order valence-electron chi connectivity index (χ4n) is 1.77. The monoisotopic (exact) mass is 236 g/mol. The molecule has 1 aromatic heterocycles. The van der Waals surface area contributed by atoms with E-state index in [1.165, 1.54) is 38.5 Å². The summed E-state index contributed by atoms with van der Waals surface area (Å²) in [4.78, 5) is 4.07. The van der Waals surface area contributed by atoms with Crippen LogP contribution in [0.25, 0.3) is 0 Å². The highest BCUT2D eigenvalue weighted by atomic mass is 16.5. The van der Waals surface area contributed by atoms with Crippen molar-refractivity contribution in [3.63, 3.8) is 0 Å². The molecule has 3 nitrogen and oxygen atoms in total. The molecule has 1 aromatic rings. The summed E-state index contributed by atoms with van der Waals surface area (Å²) in [6.45, 7) is 3.28. The summed E-state index contributed by atoms with van der Waals surface area (Å²) in [5.41, 5.74) is 1.09. The van der Waals surface area contributed by atoms with Gasteiger partial charge in [0.25, 0.3) is 0 Å². The minimum atomic E-state index is 0.665. The average Bonchev–Trinajstić information content (AvgIpc) is 2.38. The van der Waals surface area contributed by atoms with Crippen molar-refractivity contribution in [2.75, 3.05) is 19.0 Å². The first kappa shape index (κ1) is 13.8. The number of unbranched alkanes of at least 4 members (excludes halogenated alkanes) is 5. The lowest BCUT2D eigenvalue weighted by molar-refractivity contribution is 0.398. The highest BCUT2D eigenvalue weighted by molar-refractivity contribution is 5.44. The summed E-state index contributed by atoms with van der Waals surface area (Å²) in [5.74, 6) is 0.665. The van der Waals surface area contributed by atoms with Gasteiger partial charge < -0.3 is 10.1 Å². The first-order valence-corrected chi connectivity index (χ1v) is 6.60. The van der Waals surface area contributed by atoms with Gasteiger partial charge in [-0.3, -0.25) is 0 Å². The van der Waals surface area contributed by atoms with E-state index in [1.807, 2.05) is 12.1 Å². The molecule has 3 heteroatoms. The Morgan fingerprint density at radius 1 is 1.18 bits per heavy atom. The van der Waals surface area contributed by atoms with Crippen LogP contribution in [0, 0.1) is 0 Å². The number of anilines is 1. The third-order valence-electron chi connectivity index (χ3n) is 2.80. The number of methoxy groups -OCH3 is 1. The number of pyridine rings is 1. The van der Waals surface area contributed by atoms with Crippen LogP contribution in [-0.4, -0.2) is 18.6 Å². The molecule has 0 fully saturated rings. The maximum atomic E-state index is 5.08. The van der Waals surface area contributed by atoms with Crippen molar-refractivity contribution in [2.45, 2.75) is 45.4 Å². The largest absolute Gasteiger partial charge is 0.481 e. The smallest absolute Gasteiger partial charge is 0.214 e. The fourth-order valence-corrected chi connectivity index (χ4v) is 1.77. The van der Waals surface area contributed by atoms with E-state index in [0.717, 1.165) is 12.2 Å². The molecule has 0 aliphatic heterocycles. The van der Waals surface area contributed by atoms with Gasteiger partial charge in [-0.25, -0.2) is 4.98 Å². The molecule has 0 spiro atoms. The van der Waals surface area contributed by atoms with Gasteiger partial charge in [-0.1, -0.05) is 39.0 Å². The van der Waals surface area contributed by atoms with Gasteiger partial charge in [-0.05, 0) is 12.5 Å². The van der Waals surface area contributed by atoms with Gasteiger partial charge in [-0.15, -0.1) is 0 Å². The summed E-state index contributed by atoms with van der Waals surface area (Å²) >= 11 is 0. The SMILES string of the molecule is CCCCCCCCNc1ccnc(OC)c1. The van der Waals surface area contributed by atoms with Crippen LogP contribution in [0.2, 0.25) is 0 Å². The van der Waals surface area contributed by atoms with Crippen molar-refractivity contribution in [2.24, 2.45) is 0 Å². The van der Waals surface area contributed by atoms with E-state index in [9.17, 15) is 0 Å². The lowest BCUT2D eigenvalue weighted by atomic mass is 10.1. The lowest BCUT2D eigenvalue weighted by Gasteiger charge is -2.07. The van der Waals surface area contributed by atoms with Gasteiger partial charge in [0.15, 0.2) is 0 Å². The predicted molar refractivity (Wildman–Crippen MR) is 72.7 cm³/mol. The topological polar surface area (TPSA) is 34.2 Å². The Balaban J connectivity index is 2.09.